The third kappa shape index (κ3) is 2.13. The first-order valence-electron chi connectivity index (χ1n) is 6.00. The van der Waals surface area contributed by atoms with E-state index in [1.54, 1.807) is 12.1 Å². The van der Waals surface area contributed by atoms with Gasteiger partial charge in [-0.05, 0) is 35.4 Å². The molecule has 0 unspecified atom stereocenters. The van der Waals surface area contributed by atoms with E-state index in [0.717, 1.165) is 23.8 Å². The van der Waals surface area contributed by atoms with E-state index in [-0.39, 0.29) is 4.90 Å². The molecule has 0 heterocycles. The van der Waals surface area contributed by atoms with Gasteiger partial charge in [0.2, 0.25) is 0 Å². The van der Waals surface area contributed by atoms with Crippen LogP contribution in [-0.2, 0) is 23.0 Å². The Bertz CT molecular complexity index is 687. The molecule has 0 saturated carbocycles. The summed E-state index contributed by atoms with van der Waals surface area (Å²) >= 11 is 0. The fourth-order valence-corrected chi connectivity index (χ4v) is 3.12. The Morgan fingerprint density at radius 3 is 2.28 bits per heavy atom. The number of hydrogen-bond donors (Lipinski definition) is 1. The lowest BCUT2D eigenvalue weighted by atomic mass is 9.96. The van der Waals surface area contributed by atoms with E-state index in [4.69, 9.17) is 0 Å². The van der Waals surface area contributed by atoms with Gasteiger partial charge < -0.3 is 0 Å². The smallest absolute Gasteiger partial charge is 0.282 e. The van der Waals surface area contributed by atoms with E-state index in [2.05, 4.69) is 6.92 Å². The van der Waals surface area contributed by atoms with Crippen LogP contribution in [0.1, 0.15) is 25.0 Å². The maximum atomic E-state index is 11.4. The summed E-state index contributed by atoms with van der Waals surface area (Å²) in [7, 11) is -4.17. The largest absolute Gasteiger partial charge is 0.295 e. The lowest BCUT2D eigenvalue weighted by Gasteiger charge is -2.12. The molecule has 2 aromatic rings. The molecule has 0 amide bonds. The molecule has 0 aliphatic rings. The van der Waals surface area contributed by atoms with Crippen molar-refractivity contribution in [1.29, 1.82) is 0 Å². The molecule has 0 aliphatic heterocycles. The van der Waals surface area contributed by atoms with Gasteiger partial charge in [-0.2, -0.15) is 8.42 Å². The van der Waals surface area contributed by atoms with Gasteiger partial charge in [-0.25, -0.2) is 0 Å². The standard InChI is InChI=1S/C14H16O3S/c1-3-10-8-9-13-12(11(10)4-2)6-5-7-14(13)18(15,16)17/h5-9H,3-4H2,1-2H3,(H,15,16,17). The van der Waals surface area contributed by atoms with Crippen LogP contribution in [0.25, 0.3) is 10.8 Å². The molecule has 0 atom stereocenters. The molecule has 2 aromatic carbocycles. The minimum absolute atomic E-state index is 0.0163. The molecule has 1 N–H and O–H groups in total. The molecule has 0 aromatic heterocycles. The zero-order valence-electron chi connectivity index (χ0n) is 10.5. The van der Waals surface area contributed by atoms with Crippen molar-refractivity contribution in [2.45, 2.75) is 31.6 Å². The fraction of sp³-hybridized carbons (Fsp3) is 0.286. The van der Waals surface area contributed by atoms with E-state index in [1.165, 1.54) is 11.6 Å². The monoisotopic (exact) mass is 264 g/mol. The summed E-state index contributed by atoms with van der Waals surface area (Å²) in [5.74, 6) is 0. The molecule has 18 heavy (non-hydrogen) atoms. The zero-order valence-corrected chi connectivity index (χ0v) is 11.3. The summed E-state index contributed by atoms with van der Waals surface area (Å²) in [6.07, 6.45) is 1.75. The van der Waals surface area contributed by atoms with Crippen LogP contribution in [0.4, 0.5) is 0 Å². The lowest BCUT2D eigenvalue weighted by Crippen LogP contribution is -2.01. The number of benzene rings is 2. The number of fused-ring (bicyclic) bond motifs is 1. The van der Waals surface area contributed by atoms with Crippen molar-refractivity contribution in [2.24, 2.45) is 0 Å². The quantitative estimate of drug-likeness (QED) is 0.866. The minimum Gasteiger partial charge on any atom is -0.282 e. The van der Waals surface area contributed by atoms with Crippen LogP contribution in [0.3, 0.4) is 0 Å². The van der Waals surface area contributed by atoms with Crippen LogP contribution in [0.15, 0.2) is 35.2 Å². The summed E-state index contributed by atoms with van der Waals surface area (Å²) < 4.78 is 32.0. The van der Waals surface area contributed by atoms with Crippen molar-refractivity contribution in [3.63, 3.8) is 0 Å². The van der Waals surface area contributed by atoms with Crippen molar-refractivity contribution < 1.29 is 13.0 Å². The second-order valence-corrected chi connectivity index (χ2v) is 5.63. The first kappa shape index (κ1) is 13.1. The van der Waals surface area contributed by atoms with Crippen LogP contribution >= 0.6 is 0 Å². The van der Waals surface area contributed by atoms with Gasteiger partial charge in [0.1, 0.15) is 4.90 Å². The molecule has 4 heteroatoms. The van der Waals surface area contributed by atoms with Gasteiger partial charge in [0.05, 0.1) is 0 Å². The van der Waals surface area contributed by atoms with Crippen molar-refractivity contribution >= 4 is 20.9 Å². The third-order valence-electron chi connectivity index (χ3n) is 3.24. The normalized spacial score (nSPS) is 11.9. The highest BCUT2D eigenvalue weighted by molar-refractivity contribution is 7.86. The molecular formula is C14H16O3S. The Labute approximate surface area is 107 Å². The van der Waals surface area contributed by atoms with Gasteiger partial charge >= 0.3 is 0 Å². The maximum absolute atomic E-state index is 11.4. The summed E-state index contributed by atoms with van der Waals surface area (Å²) in [5, 5.41) is 1.50. The zero-order chi connectivity index (χ0) is 13.3. The average molecular weight is 264 g/mol. The fourth-order valence-electron chi connectivity index (χ4n) is 2.41. The Kier molecular flexibility index (Phi) is 3.41. The van der Waals surface area contributed by atoms with Gasteiger partial charge in [0, 0.05) is 5.39 Å². The predicted octanol–water partition coefficient (Wildman–Crippen LogP) is 3.21. The molecule has 96 valence electrons. The Hall–Kier alpha value is -1.39. The van der Waals surface area contributed by atoms with E-state index in [9.17, 15) is 13.0 Å². The predicted molar refractivity (Wildman–Crippen MR) is 72.5 cm³/mol. The van der Waals surface area contributed by atoms with Crippen molar-refractivity contribution in [2.75, 3.05) is 0 Å². The summed E-state index contributed by atoms with van der Waals surface area (Å²) in [5.41, 5.74) is 2.37. The van der Waals surface area contributed by atoms with Crippen LogP contribution in [0, 0.1) is 0 Å². The number of aryl methyl sites for hydroxylation is 2. The minimum atomic E-state index is -4.17. The third-order valence-corrected chi connectivity index (χ3v) is 4.15. The summed E-state index contributed by atoms with van der Waals surface area (Å²) in [4.78, 5) is -0.0163. The molecule has 0 radical (unpaired) electrons. The Morgan fingerprint density at radius 2 is 1.72 bits per heavy atom. The number of hydrogen-bond acceptors (Lipinski definition) is 2. The van der Waals surface area contributed by atoms with Crippen LogP contribution in [0.5, 0.6) is 0 Å². The van der Waals surface area contributed by atoms with Gasteiger partial charge in [-0.3, -0.25) is 4.55 Å². The molecule has 0 fully saturated rings. The van der Waals surface area contributed by atoms with Gasteiger partial charge in [-0.1, -0.05) is 38.1 Å². The molecular weight excluding hydrogens is 248 g/mol. The first-order chi connectivity index (χ1) is 8.49. The molecule has 3 nitrogen and oxygen atoms in total. The molecule has 0 bridgehead atoms. The topological polar surface area (TPSA) is 54.4 Å². The van der Waals surface area contributed by atoms with Crippen LogP contribution in [-0.4, -0.2) is 13.0 Å². The highest BCUT2D eigenvalue weighted by atomic mass is 32.2. The summed E-state index contributed by atoms with van der Waals surface area (Å²) in [6.45, 7) is 4.13. The highest BCUT2D eigenvalue weighted by Crippen LogP contribution is 2.28. The van der Waals surface area contributed by atoms with Crippen LogP contribution in [0.2, 0.25) is 0 Å². The van der Waals surface area contributed by atoms with E-state index in [0.29, 0.717) is 5.39 Å². The average Bonchev–Trinajstić information content (AvgIpc) is 2.35. The highest BCUT2D eigenvalue weighted by Gasteiger charge is 2.15. The van der Waals surface area contributed by atoms with Crippen molar-refractivity contribution in [1.82, 2.24) is 0 Å². The van der Waals surface area contributed by atoms with E-state index < -0.39 is 10.1 Å². The van der Waals surface area contributed by atoms with Gasteiger partial charge in [0.25, 0.3) is 10.1 Å². The summed E-state index contributed by atoms with van der Waals surface area (Å²) in [6, 6.07) is 8.72. The Balaban J connectivity index is 2.90. The molecule has 2 rings (SSSR count). The molecule has 0 spiro atoms. The number of rotatable bonds is 3. The maximum Gasteiger partial charge on any atom is 0.295 e. The van der Waals surface area contributed by atoms with Crippen molar-refractivity contribution in [3.8, 4) is 0 Å². The first-order valence-corrected chi connectivity index (χ1v) is 7.44. The van der Waals surface area contributed by atoms with Crippen molar-refractivity contribution in [3.05, 3.63) is 41.5 Å². The SMILES string of the molecule is CCc1ccc2c(S(=O)(=O)O)cccc2c1CC. The lowest BCUT2D eigenvalue weighted by molar-refractivity contribution is 0.484. The Morgan fingerprint density at radius 1 is 1.00 bits per heavy atom. The van der Waals surface area contributed by atoms with Gasteiger partial charge in [0.15, 0.2) is 0 Å². The molecule has 0 aliphatic carbocycles. The van der Waals surface area contributed by atoms with Gasteiger partial charge in [-0.15, -0.1) is 0 Å². The second kappa shape index (κ2) is 4.71. The second-order valence-electron chi connectivity index (χ2n) is 4.24. The van der Waals surface area contributed by atoms with Crippen LogP contribution < -0.4 is 0 Å². The van der Waals surface area contributed by atoms with E-state index in [1.807, 2.05) is 19.1 Å². The van der Waals surface area contributed by atoms with E-state index >= 15 is 0 Å². The molecule has 0 saturated heterocycles.